The second kappa shape index (κ2) is 10.8. The van der Waals surface area contributed by atoms with Crippen LogP contribution in [0.15, 0.2) is 182 Å². The number of benzene rings is 8. The van der Waals surface area contributed by atoms with Crippen molar-refractivity contribution in [3.05, 3.63) is 182 Å². The Morgan fingerprint density at radius 2 is 0.913 bits per heavy atom. The second-order valence-electron chi connectivity index (χ2n) is 11.8. The highest BCUT2D eigenvalue weighted by molar-refractivity contribution is 6.11. The Hall–Kier alpha value is -6.12. The molecule has 0 fully saturated rings. The highest BCUT2D eigenvalue weighted by atomic mass is 15.1. The van der Waals surface area contributed by atoms with Crippen LogP contribution in [0.1, 0.15) is 0 Å². The zero-order valence-electron chi connectivity index (χ0n) is 25.2. The van der Waals surface area contributed by atoms with Crippen molar-refractivity contribution >= 4 is 60.4 Å². The molecular weight excluding hydrogens is 556 g/mol. The molecule has 0 saturated heterocycles. The van der Waals surface area contributed by atoms with Crippen molar-refractivity contribution < 1.29 is 0 Å². The van der Waals surface area contributed by atoms with Crippen LogP contribution in [0.2, 0.25) is 0 Å². The minimum atomic E-state index is 1.12. The first-order chi connectivity index (χ1) is 22.8. The smallest absolute Gasteiger partial charge is 0.0541 e. The van der Waals surface area contributed by atoms with Gasteiger partial charge in [-0.1, -0.05) is 127 Å². The van der Waals surface area contributed by atoms with Gasteiger partial charge < -0.3 is 9.47 Å². The average Bonchev–Trinajstić information content (AvgIpc) is 3.46. The lowest BCUT2D eigenvalue weighted by molar-refractivity contribution is 1.20. The summed E-state index contributed by atoms with van der Waals surface area (Å²) in [5, 5.41) is 7.47. The Morgan fingerprint density at radius 3 is 1.72 bits per heavy atom. The van der Waals surface area contributed by atoms with Gasteiger partial charge >= 0.3 is 0 Å². The fourth-order valence-corrected chi connectivity index (χ4v) is 7.03. The predicted molar refractivity (Wildman–Crippen MR) is 196 cm³/mol. The first kappa shape index (κ1) is 26.3. The Labute approximate surface area is 268 Å². The van der Waals surface area contributed by atoms with Gasteiger partial charge in [0.15, 0.2) is 0 Å². The van der Waals surface area contributed by atoms with E-state index in [1.54, 1.807) is 0 Å². The monoisotopic (exact) mass is 586 g/mol. The first-order valence-electron chi connectivity index (χ1n) is 15.8. The molecule has 1 heterocycles. The topological polar surface area (TPSA) is 8.17 Å². The number of hydrogen-bond acceptors (Lipinski definition) is 1. The summed E-state index contributed by atoms with van der Waals surface area (Å²) in [5.41, 5.74) is 9.46. The van der Waals surface area contributed by atoms with Gasteiger partial charge in [0, 0.05) is 32.9 Å². The van der Waals surface area contributed by atoms with E-state index in [0.717, 1.165) is 11.4 Å². The number of aromatic nitrogens is 1. The van der Waals surface area contributed by atoms with Crippen molar-refractivity contribution in [3.8, 4) is 16.8 Å². The summed E-state index contributed by atoms with van der Waals surface area (Å²) in [5.74, 6) is 0. The van der Waals surface area contributed by atoms with E-state index in [2.05, 4.69) is 191 Å². The summed E-state index contributed by atoms with van der Waals surface area (Å²) in [7, 11) is 0. The molecule has 0 aliphatic heterocycles. The fraction of sp³-hybridized carbons (Fsp3) is 0. The maximum Gasteiger partial charge on any atom is 0.0541 e. The maximum absolute atomic E-state index is 2.42. The van der Waals surface area contributed by atoms with Gasteiger partial charge in [-0.05, 0) is 76.5 Å². The summed E-state index contributed by atoms with van der Waals surface area (Å²) in [6.07, 6.45) is 0. The van der Waals surface area contributed by atoms with Crippen molar-refractivity contribution in [3.63, 3.8) is 0 Å². The Bertz CT molecular complexity index is 2510. The zero-order valence-corrected chi connectivity index (χ0v) is 25.2. The number of rotatable bonds is 5. The molecule has 9 rings (SSSR count). The zero-order chi connectivity index (χ0) is 30.5. The molecule has 0 spiro atoms. The van der Waals surface area contributed by atoms with Crippen LogP contribution in [0.5, 0.6) is 0 Å². The molecule has 216 valence electrons. The normalized spacial score (nSPS) is 11.5. The van der Waals surface area contributed by atoms with Crippen LogP contribution >= 0.6 is 0 Å². The molecule has 1 aromatic heterocycles. The molecule has 0 unspecified atom stereocenters. The lowest BCUT2D eigenvalue weighted by Gasteiger charge is -2.27. The molecule has 0 radical (unpaired) electrons. The molecule has 2 heteroatoms. The lowest BCUT2D eigenvalue weighted by atomic mass is 10.0. The molecule has 0 bridgehead atoms. The van der Waals surface area contributed by atoms with Gasteiger partial charge in [0.05, 0.1) is 22.4 Å². The highest BCUT2D eigenvalue weighted by Crippen LogP contribution is 2.40. The molecular formula is C44H30N2. The Morgan fingerprint density at radius 1 is 0.348 bits per heavy atom. The fourth-order valence-electron chi connectivity index (χ4n) is 7.03. The van der Waals surface area contributed by atoms with Crippen LogP contribution in [-0.4, -0.2) is 4.57 Å². The van der Waals surface area contributed by atoms with E-state index < -0.39 is 0 Å². The molecule has 0 atom stereocenters. The standard InChI is InChI=1S/C44H30N2/c1-2-16-35(17-3-1)45(41-22-10-14-32-12-4-6-18-37(32)41)36-27-24-31(25-28-36)34-26-29-44-40(30-34)39-20-8-9-21-43(39)46(44)42-23-11-15-33-13-5-7-19-38(33)42/h1-30H. The van der Waals surface area contributed by atoms with Crippen molar-refractivity contribution in [2.24, 2.45) is 0 Å². The summed E-state index contributed by atoms with van der Waals surface area (Å²) in [4.78, 5) is 2.35. The minimum Gasteiger partial charge on any atom is -0.310 e. The van der Waals surface area contributed by atoms with Crippen molar-refractivity contribution in [2.75, 3.05) is 4.90 Å². The quantitative estimate of drug-likeness (QED) is 0.195. The largest absolute Gasteiger partial charge is 0.310 e. The van der Waals surface area contributed by atoms with E-state index in [9.17, 15) is 0 Å². The Kier molecular flexibility index (Phi) is 6.17. The highest BCUT2D eigenvalue weighted by Gasteiger charge is 2.17. The summed E-state index contributed by atoms with van der Waals surface area (Å²) in [6.45, 7) is 0. The second-order valence-corrected chi connectivity index (χ2v) is 11.8. The SMILES string of the molecule is c1ccc(N(c2ccc(-c3ccc4c(c3)c3ccccc3n4-c3cccc4ccccc34)cc2)c2cccc3ccccc23)cc1. The van der Waals surface area contributed by atoms with E-state index in [-0.39, 0.29) is 0 Å². The molecule has 9 aromatic rings. The van der Waals surface area contributed by atoms with Crippen LogP contribution in [0, 0.1) is 0 Å². The molecule has 0 amide bonds. The third-order valence-electron chi connectivity index (χ3n) is 9.16. The first-order valence-corrected chi connectivity index (χ1v) is 15.8. The van der Waals surface area contributed by atoms with Gasteiger partial charge in [-0.3, -0.25) is 0 Å². The van der Waals surface area contributed by atoms with Crippen LogP contribution in [0.25, 0.3) is 60.2 Å². The number of hydrogen-bond donors (Lipinski definition) is 0. The average molecular weight is 587 g/mol. The number of fused-ring (bicyclic) bond motifs is 5. The van der Waals surface area contributed by atoms with E-state index in [1.807, 2.05) is 0 Å². The van der Waals surface area contributed by atoms with Crippen LogP contribution in [-0.2, 0) is 0 Å². The van der Waals surface area contributed by atoms with Gasteiger partial charge in [-0.2, -0.15) is 0 Å². The molecule has 46 heavy (non-hydrogen) atoms. The van der Waals surface area contributed by atoms with Gasteiger partial charge in [-0.25, -0.2) is 0 Å². The van der Waals surface area contributed by atoms with E-state index in [4.69, 9.17) is 0 Å². The lowest BCUT2D eigenvalue weighted by Crippen LogP contribution is -2.10. The third kappa shape index (κ3) is 4.27. The summed E-state index contributed by atoms with van der Waals surface area (Å²) >= 11 is 0. The molecule has 0 saturated carbocycles. The van der Waals surface area contributed by atoms with Crippen molar-refractivity contribution in [1.82, 2.24) is 4.57 Å². The molecule has 8 aromatic carbocycles. The molecule has 2 nitrogen and oxygen atoms in total. The van der Waals surface area contributed by atoms with Gasteiger partial charge in [0.2, 0.25) is 0 Å². The Balaban J connectivity index is 1.17. The van der Waals surface area contributed by atoms with Crippen molar-refractivity contribution in [2.45, 2.75) is 0 Å². The molecule has 0 N–H and O–H groups in total. The van der Waals surface area contributed by atoms with Gasteiger partial charge in [-0.15, -0.1) is 0 Å². The third-order valence-corrected chi connectivity index (χ3v) is 9.16. The number of anilines is 3. The summed E-state index contributed by atoms with van der Waals surface area (Å²) < 4.78 is 2.42. The minimum absolute atomic E-state index is 1.12. The van der Waals surface area contributed by atoms with E-state index >= 15 is 0 Å². The molecule has 0 aliphatic rings. The van der Waals surface area contributed by atoms with Gasteiger partial charge in [0.1, 0.15) is 0 Å². The molecule has 0 aliphatic carbocycles. The van der Waals surface area contributed by atoms with Crippen molar-refractivity contribution in [1.29, 1.82) is 0 Å². The maximum atomic E-state index is 2.42. The van der Waals surface area contributed by atoms with E-state index in [0.29, 0.717) is 0 Å². The van der Waals surface area contributed by atoms with Crippen LogP contribution < -0.4 is 4.90 Å². The number of nitrogens with zero attached hydrogens (tertiary/aromatic N) is 2. The van der Waals surface area contributed by atoms with Gasteiger partial charge in [0.25, 0.3) is 0 Å². The summed E-state index contributed by atoms with van der Waals surface area (Å²) in [6, 6.07) is 65.6. The van der Waals surface area contributed by atoms with Crippen LogP contribution in [0.3, 0.4) is 0 Å². The number of para-hydroxylation sites is 2. The van der Waals surface area contributed by atoms with E-state index in [1.165, 1.54) is 65.9 Å². The van der Waals surface area contributed by atoms with Crippen LogP contribution in [0.4, 0.5) is 17.1 Å². The predicted octanol–water partition coefficient (Wildman–Crippen LogP) is 12.2.